The highest BCUT2D eigenvalue weighted by atomic mass is 32.3. The standard InChI is InChI=1S/C21H34N4O4S2/c1-5-7-14-23(6-2)16-20(26)22(3)17-10-12-18(13-11-17)24-15-8-9-19(21(24)27)25(30-4)31(28)29/h10-13,19H,5-9,14-16H2,1-4H3,(H,28,29). The van der Waals surface area contributed by atoms with Crippen LogP contribution in [0.2, 0.25) is 0 Å². The summed E-state index contributed by atoms with van der Waals surface area (Å²) in [6.07, 6.45) is 5.15. The average Bonchev–Trinajstić information content (AvgIpc) is 2.77. The molecular formula is C21H34N4O4S2. The number of hydrogen-bond acceptors (Lipinski definition) is 5. The van der Waals surface area contributed by atoms with Crippen LogP contribution in [-0.4, -0.2) is 74.7 Å². The molecule has 174 valence electrons. The van der Waals surface area contributed by atoms with Crippen LogP contribution in [0, 0.1) is 0 Å². The number of carbonyl (C=O) groups excluding carboxylic acids is 2. The quantitative estimate of drug-likeness (QED) is 0.395. The van der Waals surface area contributed by atoms with Gasteiger partial charge in [0.1, 0.15) is 6.04 Å². The van der Waals surface area contributed by atoms with Crippen molar-refractivity contribution in [3.8, 4) is 0 Å². The molecule has 1 fully saturated rings. The van der Waals surface area contributed by atoms with Gasteiger partial charge in [0, 0.05) is 25.0 Å². The minimum atomic E-state index is -2.22. The minimum absolute atomic E-state index is 0.0286. The number of benzene rings is 1. The maximum atomic E-state index is 13.0. The highest BCUT2D eigenvalue weighted by Crippen LogP contribution is 2.28. The first kappa shape index (κ1) is 25.8. The van der Waals surface area contributed by atoms with Gasteiger partial charge in [0.25, 0.3) is 0 Å². The minimum Gasteiger partial charge on any atom is -0.314 e. The fraction of sp³-hybridized carbons (Fsp3) is 0.619. The van der Waals surface area contributed by atoms with Crippen molar-refractivity contribution in [1.82, 2.24) is 8.61 Å². The molecule has 0 spiro atoms. The Morgan fingerprint density at radius 3 is 2.52 bits per heavy atom. The van der Waals surface area contributed by atoms with Crippen LogP contribution in [0.15, 0.2) is 24.3 Å². The van der Waals surface area contributed by atoms with E-state index in [1.165, 1.54) is 3.71 Å². The molecule has 31 heavy (non-hydrogen) atoms. The number of hydrogen-bond donors (Lipinski definition) is 1. The molecule has 1 aliphatic heterocycles. The van der Waals surface area contributed by atoms with E-state index in [1.54, 1.807) is 23.1 Å². The Bertz CT molecular complexity index is 762. The zero-order valence-electron chi connectivity index (χ0n) is 18.8. The molecule has 1 N–H and O–H groups in total. The molecular weight excluding hydrogens is 436 g/mol. The van der Waals surface area contributed by atoms with Crippen LogP contribution in [0.5, 0.6) is 0 Å². The van der Waals surface area contributed by atoms with Crippen molar-refractivity contribution in [2.45, 2.75) is 45.6 Å². The Kier molecular flexibility index (Phi) is 10.4. The number of piperidine rings is 1. The maximum absolute atomic E-state index is 13.0. The van der Waals surface area contributed by atoms with E-state index in [-0.39, 0.29) is 11.8 Å². The fourth-order valence-corrected chi connectivity index (χ4v) is 5.01. The Morgan fingerprint density at radius 1 is 1.29 bits per heavy atom. The SMILES string of the molecule is CCCCN(CC)CC(=O)N(C)c1ccc(N2CCCC(N(SC)S(=O)O)C2=O)cc1. The second-order valence-electron chi connectivity index (χ2n) is 7.54. The zero-order valence-corrected chi connectivity index (χ0v) is 20.5. The third kappa shape index (κ3) is 6.76. The van der Waals surface area contributed by atoms with Crippen LogP contribution >= 0.6 is 11.9 Å². The average molecular weight is 471 g/mol. The Balaban J connectivity index is 2.07. The van der Waals surface area contributed by atoms with Crippen molar-refractivity contribution >= 4 is 46.4 Å². The molecule has 0 aromatic heterocycles. The molecule has 1 aromatic rings. The second-order valence-corrected chi connectivity index (χ2v) is 9.38. The van der Waals surface area contributed by atoms with Gasteiger partial charge in [-0.2, -0.15) is 0 Å². The summed E-state index contributed by atoms with van der Waals surface area (Å²) >= 11 is -1.12. The van der Waals surface area contributed by atoms with E-state index in [0.29, 0.717) is 19.5 Å². The lowest BCUT2D eigenvalue weighted by Gasteiger charge is -2.35. The molecule has 2 unspecified atom stereocenters. The fourth-order valence-electron chi connectivity index (χ4n) is 3.64. The van der Waals surface area contributed by atoms with Gasteiger partial charge in [-0.25, -0.2) is 4.21 Å². The normalized spacial score (nSPS) is 18.0. The Labute approximate surface area is 192 Å². The molecule has 2 atom stereocenters. The van der Waals surface area contributed by atoms with Crippen LogP contribution in [0.4, 0.5) is 11.4 Å². The van der Waals surface area contributed by atoms with E-state index < -0.39 is 17.3 Å². The predicted molar refractivity (Wildman–Crippen MR) is 128 cm³/mol. The van der Waals surface area contributed by atoms with Gasteiger partial charge < -0.3 is 9.80 Å². The number of rotatable bonds is 11. The van der Waals surface area contributed by atoms with E-state index in [2.05, 4.69) is 18.7 Å². The Morgan fingerprint density at radius 2 is 1.97 bits per heavy atom. The third-order valence-electron chi connectivity index (χ3n) is 5.56. The van der Waals surface area contributed by atoms with Crippen molar-refractivity contribution in [1.29, 1.82) is 0 Å². The molecule has 1 saturated heterocycles. The van der Waals surface area contributed by atoms with Crippen LogP contribution in [0.25, 0.3) is 0 Å². The van der Waals surface area contributed by atoms with Crippen molar-refractivity contribution in [2.24, 2.45) is 0 Å². The molecule has 2 amide bonds. The van der Waals surface area contributed by atoms with Gasteiger partial charge in [0.05, 0.1) is 6.54 Å². The van der Waals surface area contributed by atoms with E-state index >= 15 is 0 Å². The molecule has 0 saturated carbocycles. The van der Waals surface area contributed by atoms with E-state index in [9.17, 15) is 18.4 Å². The van der Waals surface area contributed by atoms with Crippen LogP contribution in [-0.2, 0) is 20.9 Å². The molecule has 10 heteroatoms. The van der Waals surface area contributed by atoms with Gasteiger partial charge in [-0.3, -0.25) is 19.0 Å². The summed E-state index contributed by atoms with van der Waals surface area (Å²) in [5.74, 6) is -0.157. The predicted octanol–water partition coefficient (Wildman–Crippen LogP) is 2.98. The topological polar surface area (TPSA) is 84.4 Å². The first-order chi connectivity index (χ1) is 14.8. The van der Waals surface area contributed by atoms with Crippen molar-refractivity contribution < 1.29 is 18.4 Å². The molecule has 0 aliphatic carbocycles. The van der Waals surface area contributed by atoms with Gasteiger partial charge in [-0.15, -0.1) is 3.71 Å². The number of unbranched alkanes of at least 4 members (excludes halogenated alkanes) is 1. The second kappa shape index (κ2) is 12.5. The zero-order chi connectivity index (χ0) is 23.0. The first-order valence-corrected chi connectivity index (χ1v) is 12.9. The monoisotopic (exact) mass is 470 g/mol. The van der Waals surface area contributed by atoms with E-state index in [0.717, 1.165) is 55.7 Å². The number of anilines is 2. The summed E-state index contributed by atoms with van der Waals surface area (Å²) < 4.78 is 22.3. The highest BCUT2D eigenvalue weighted by molar-refractivity contribution is 8.04. The van der Waals surface area contributed by atoms with Crippen molar-refractivity contribution in [2.75, 3.05) is 49.3 Å². The molecule has 0 radical (unpaired) electrons. The van der Waals surface area contributed by atoms with Crippen molar-refractivity contribution in [3.05, 3.63) is 24.3 Å². The lowest BCUT2D eigenvalue weighted by atomic mass is 10.0. The summed E-state index contributed by atoms with van der Waals surface area (Å²) in [5, 5.41) is 0. The van der Waals surface area contributed by atoms with E-state index in [4.69, 9.17) is 0 Å². The summed E-state index contributed by atoms with van der Waals surface area (Å²) in [4.78, 5) is 31.1. The Hall–Kier alpha value is -1.46. The number of carbonyl (C=O) groups is 2. The molecule has 8 nitrogen and oxygen atoms in total. The van der Waals surface area contributed by atoms with Gasteiger partial charge in [-0.05, 0) is 62.9 Å². The largest absolute Gasteiger partial charge is 0.314 e. The number of amides is 2. The van der Waals surface area contributed by atoms with Gasteiger partial charge in [-0.1, -0.05) is 32.2 Å². The molecule has 2 rings (SSSR count). The molecule has 1 aliphatic rings. The van der Waals surface area contributed by atoms with Gasteiger partial charge in [0.15, 0.2) is 0 Å². The molecule has 1 heterocycles. The first-order valence-electron chi connectivity index (χ1n) is 10.7. The summed E-state index contributed by atoms with van der Waals surface area (Å²) in [6, 6.07) is 6.69. The molecule has 1 aromatic carbocycles. The number of likely N-dealkylation sites (N-methyl/N-ethyl adjacent to an activating group) is 2. The number of nitrogens with zero attached hydrogens (tertiary/aromatic N) is 4. The van der Waals surface area contributed by atoms with Gasteiger partial charge in [0.2, 0.25) is 23.1 Å². The van der Waals surface area contributed by atoms with Crippen LogP contribution < -0.4 is 9.80 Å². The summed E-state index contributed by atoms with van der Waals surface area (Å²) in [6.45, 7) is 6.89. The lowest BCUT2D eigenvalue weighted by molar-refractivity contribution is -0.122. The maximum Gasteiger partial charge on any atom is 0.246 e. The smallest absolute Gasteiger partial charge is 0.246 e. The third-order valence-corrected chi connectivity index (χ3v) is 7.56. The van der Waals surface area contributed by atoms with Crippen LogP contribution in [0.3, 0.4) is 0 Å². The highest BCUT2D eigenvalue weighted by Gasteiger charge is 2.36. The summed E-state index contributed by atoms with van der Waals surface area (Å²) in [5.41, 5.74) is 1.49. The van der Waals surface area contributed by atoms with Crippen molar-refractivity contribution in [3.63, 3.8) is 0 Å². The lowest BCUT2D eigenvalue weighted by Crippen LogP contribution is -2.50. The van der Waals surface area contributed by atoms with Gasteiger partial charge >= 0.3 is 0 Å². The van der Waals surface area contributed by atoms with Crippen LogP contribution in [0.1, 0.15) is 39.5 Å². The molecule has 0 bridgehead atoms. The van der Waals surface area contributed by atoms with E-state index in [1.807, 2.05) is 24.3 Å². The summed E-state index contributed by atoms with van der Waals surface area (Å²) in [7, 11) is 1.76.